The highest BCUT2D eigenvalue weighted by Gasteiger charge is 2.10. The average molecular weight is 295 g/mol. The van der Waals surface area contributed by atoms with Gasteiger partial charge in [0, 0.05) is 23.8 Å². The van der Waals surface area contributed by atoms with Crippen LogP contribution in [0.1, 0.15) is 42.1 Å². The number of carbonyl (C=O) groups is 2. The molecule has 0 fully saturated rings. The predicted octanol–water partition coefficient (Wildman–Crippen LogP) is 2.92. The first-order chi connectivity index (χ1) is 9.52. The normalized spacial score (nSPS) is 11.9. The summed E-state index contributed by atoms with van der Waals surface area (Å²) < 4.78 is 0. The Morgan fingerprint density at radius 2 is 2.15 bits per heavy atom. The molecule has 2 N–H and O–H groups in total. The fourth-order valence-corrected chi connectivity index (χ4v) is 2.42. The number of benzene rings is 1. The van der Waals surface area contributed by atoms with Crippen molar-refractivity contribution in [3.63, 3.8) is 0 Å². The summed E-state index contributed by atoms with van der Waals surface area (Å²) in [7, 11) is 0. The summed E-state index contributed by atoms with van der Waals surface area (Å²) in [6.45, 7) is 1.89. The standard InChI is InChI=1S/C15H21NO3S/c1-11(5-3-8-14(17)18)16-15(19)13-7-4-6-12(9-13)10-20-2/h4,6-7,9,11H,3,5,8,10H2,1-2H3,(H,16,19)(H,17,18). The second-order valence-corrected chi connectivity index (χ2v) is 5.66. The lowest BCUT2D eigenvalue weighted by Gasteiger charge is -2.13. The van der Waals surface area contributed by atoms with Gasteiger partial charge in [-0.3, -0.25) is 9.59 Å². The molecule has 0 aliphatic carbocycles. The Hall–Kier alpha value is -1.49. The van der Waals surface area contributed by atoms with Gasteiger partial charge in [0.15, 0.2) is 0 Å². The highest BCUT2D eigenvalue weighted by atomic mass is 32.2. The molecule has 1 atom stereocenters. The first-order valence-electron chi connectivity index (χ1n) is 6.63. The van der Waals surface area contributed by atoms with E-state index in [9.17, 15) is 9.59 Å². The van der Waals surface area contributed by atoms with Gasteiger partial charge in [-0.2, -0.15) is 11.8 Å². The predicted molar refractivity (Wildman–Crippen MR) is 82.1 cm³/mol. The minimum Gasteiger partial charge on any atom is -0.481 e. The lowest BCUT2D eigenvalue weighted by molar-refractivity contribution is -0.137. The van der Waals surface area contributed by atoms with E-state index >= 15 is 0 Å². The van der Waals surface area contributed by atoms with Crippen LogP contribution in [0.25, 0.3) is 0 Å². The van der Waals surface area contributed by atoms with Gasteiger partial charge in [-0.25, -0.2) is 0 Å². The van der Waals surface area contributed by atoms with Crippen molar-refractivity contribution in [2.75, 3.05) is 6.26 Å². The van der Waals surface area contributed by atoms with Crippen LogP contribution in [0.4, 0.5) is 0 Å². The van der Waals surface area contributed by atoms with Crippen molar-refractivity contribution in [3.8, 4) is 0 Å². The maximum Gasteiger partial charge on any atom is 0.303 e. The molecule has 0 radical (unpaired) electrons. The third-order valence-electron chi connectivity index (χ3n) is 2.91. The molecule has 1 aromatic rings. The molecule has 5 heteroatoms. The first kappa shape index (κ1) is 16.6. The largest absolute Gasteiger partial charge is 0.481 e. The molecule has 1 rings (SSSR count). The van der Waals surface area contributed by atoms with Gasteiger partial charge in [-0.15, -0.1) is 0 Å². The van der Waals surface area contributed by atoms with Crippen LogP contribution in [-0.2, 0) is 10.5 Å². The molecule has 110 valence electrons. The van der Waals surface area contributed by atoms with Crippen molar-refractivity contribution in [2.24, 2.45) is 0 Å². The molecular weight excluding hydrogens is 274 g/mol. The summed E-state index contributed by atoms with van der Waals surface area (Å²) >= 11 is 1.72. The van der Waals surface area contributed by atoms with Crippen molar-refractivity contribution in [1.29, 1.82) is 0 Å². The zero-order valence-electron chi connectivity index (χ0n) is 11.9. The van der Waals surface area contributed by atoms with E-state index < -0.39 is 5.97 Å². The van der Waals surface area contributed by atoms with E-state index in [1.165, 1.54) is 0 Å². The van der Waals surface area contributed by atoms with E-state index in [1.807, 2.05) is 31.4 Å². The molecule has 0 aliphatic rings. The molecule has 1 aromatic carbocycles. The molecule has 20 heavy (non-hydrogen) atoms. The van der Waals surface area contributed by atoms with Crippen LogP contribution in [0.3, 0.4) is 0 Å². The Labute approximate surface area is 124 Å². The molecule has 1 unspecified atom stereocenters. The van der Waals surface area contributed by atoms with Gasteiger partial charge >= 0.3 is 5.97 Å². The summed E-state index contributed by atoms with van der Waals surface area (Å²) in [6.07, 6.45) is 3.41. The van der Waals surface area contributed by atoms with Crippen LogP contribution in [0, 0.1) is 0 Å². The Bertz CT molecular complexity index is 462. The molecule has 0 aromatic heterocycles. The van der Waals surface area contributed by atoms with Gasteiger partial charge in [-0.05, 0) is 43.7 Å². The molecule has 0 aliphatic heterocycles. The van der Waals surface area contributed by atoms with Crippen molar-refractivity contribution >= 4 is 23.6 Å². The lowest BCUT2D eigenvalue weighted by Crippen LogP contribution is -2.32. The maximum atomic E-state index is 12.1. The number of carboxylic acid groups (broad SMARTS) is 1. The van der Waals surface area contributed by atoms with Crippen LogP contribution >= 0.6 is 11.8 Å². The van der Waals surface area contributed by atoms with Crippen LogP contribution < -0.4 is 5.32 Å². The number of hydrogen-bond acceptors (Lipinski definition) is 3. The van der Waals surface area contributed by atoms with E-state index in [1.54, 1.807) is 17.8 Å². The molecular formula is C15H21NO3S. The van der Waals surface area contributed by atoms with Gasteiger partial charge in [0.2, 0.25) is 0 Å². The fraction of sp³-hybridized carbons (Fsp3) is 0.467. The number of carboxylic acids is 1. The lowest BCUT2D eigenvalue weighted by atomic mass is 10.1. The summed E-state index contributed by atoms with van der Waals surface area (Å²) in [6, 6.07) is 7.56. The second kappa shape index (κ2) is 8.64. The molecule has 0 saturated heterocycles. The number of carbonyl (C=O) groups excluding carboxylic acids is 1. The fourth-order valence-electron chi connectivity index (χ4n) is 1.91. The molecule has 0 spiro atoms. The van der Waals surface area contributed by atoms with Crippen LogP contribution in [-0.4, -0.2) is 29.3 Å². The Morgan fingerprint density at radius 3 is 2.80 bits per heavy atom. The Kier molecular flexibility index (Phi) is 7.15. The summed E-state index contributed by atoms with van der Waals surface area (Å²) in [5.74, 6) is -0.0148. The van der Waals surface area contributed by atoms with Gasteiger partial charge in [0.25, 0.3) is 5.91 Å². The molecule has 0 bridgehead atoms. The highest BCUT2D eigenvalue weighted by molar-refractivity contribution is 7.97. The third kappa shape index (κ3) is 6.10. The van der Waals surface area contributed by atoms with Crippen LogP contribution in [0.5, 0.6) is 0 Å². The minimum atomic E-state index is -0.798. The smallest absolute Gasteiger partial charge is 0.303 e. The number of amides is 1. The maximum absolute atomic E-state index is 12.1. The average Bonchev–Trinajstić information content (AvgIpc) is 2.39. The Morgan fingerprint density at radius 1 is 1.40 bits per heavy atom. The highest BCUT2D eigenvalue weighted by Crippen LogP contribution is 2.12. The SMILES string of the molecule is CSCc1cccc(C(=O)NC(C)CCCC(=O)O)c1. The van der Waals surface area contributed by atoms with Crippen molar-refractivity contribution in [3.05, 3.63) is 35.4 Å². The molecule has 0 saturated carbocycles. The van der Waals surface area contributed by atoms with Crippen molar-refractivity contribution in [1.82, 2.24) is 5.32 Å². The van der Waals surface area contributed by atoms with Crippen molar-refractivity contribution < 1.29 is 14.7 Å². The van der Waals surface area contributed by atoms with E-state index in [-0.39, 0.29) is 18.4 Å². The Balaban J connectivity index is 2.49. The molecule has 4 nitrogen and oxygen atoms in total. The second-order valence-electron chi connectivity index (χ2n) is 4.79. The zero-order chi connectivity index (χ0) is 15.0. The molecule has 0 heterocycles. The van der Waals surface area contributed by atoms with Crippen LogP contribution in [0.15, 0.2) is 24.3 Å². The number of aliphatic carboxylic acids is 1. The summed E-state index contributed by atoms with van der Waals surface area (Å²) in [4.78, 5) is 22.5. The zero-order valence-corrected chi connectivity index (χ0v) is 12.7. The summed E-state index contributed by atoms with van der Waals surface area (Å²) in [5, 5.41) is 11.5. The monoisotopic (exact) mass is 295 g/mol. The van der Waals surface area contributed by atoms with E-state index in [0.29, 0.717) is 18.4 Å². The molecule has 1 amide bonds. The topological polar surface area (TPSA) is 66.4 Å². The number of rotatable bonds is 8. The van der Waals surface area contributed by atoms with Gasteiger partial charge < -0.3 is 10.4 Å². The van der Waals surface area contributed by atoms with Gasteiger partial charge in [-0.1, -0.05) is 12.1 Å². The van der Waals surface area contributed by atoms with Crippen LogP contribution in [0.2, 0.25) is 0 Å². The summed E-state index contributed by atoms with van der Waals surface area (Å²) in [5.41, 5.74) is 1.78. The number of thioether (sulfide) groups is 1. The minimum absolute atomic E-state index is 0.0222. The first-order valence-corrected chi connectivity index (χ1v) is 8.03. The quantitative estimate of drug-likeness (QED) is 0.774. The van der Waals surface area contributed by atoms with E-state index in [2.05, 4.69) is 5.32 Å². The van der Waals surface area contributed by atoms with Crippen molar-refractivity contribution in [2.45, 2.75) is 38.0 Å². The van der Waals surface area contributed by atoms with Gasteiger partial charge in [0.1, 0.15) is 0 Å². The number of hydrogen-bond donors (Lipinski definition) is 2. The van der Waals surface area contributed by atoms with Gasteiger partial charge in [0.05, 0.1) is 0 Å². The van der Waals surface area contributed by atoms with E-state index in [0.717, 1.165) is 11.3 Å². The number of nitrogens with one attached hydrogen (secondary N) is 1. The van der Waals surface area contributed by atoms with E-state index in [4.69, 9.17) is 5.11 Å². The third-order valence-corrected chi connectivity index (χ3v) is 3.53.